The van der Waals surface area contributed by atoms with E-state index in [1.807, 2.05) is 0 Å². The van der Waals surface area contributed by atoms with Crippen LogP contribution in [-0.4, -0.2) is 64.7 Å². The van der Waals surface area contributed by atoms with Crippen LogP contribution in [0.2, 0.25) is 0 Å². The van der Waals surface area contributed by atoms with Crippen LogP contribution in [0.25, 0.3) is 0 Å². The molecule has 0 spiro atoms. The maximum atomic E-state index is 11.6. The molecule has 0 atom stereocenters. The highest BCUT2D eigenvalue weighted by Crippen LogP contribution is 2.14. The third-order valence-electron chi connectivity index (χ3n) is 3.03. The molecule has 0 aromatic carbocycles. The minimum Gasteiger partial charge on any atom is -0.476 e. The number of aromatic nitrogens is 1. The highest BCUT2D eigenvalue weighted by atomic mass is 32.1. The molecule has 0 saturated carbocycles. The minimum absolute atomic E-state index is 0.0927. The molecule has 0 radical (unpaired) electrons. The van der Waals surface area contributed by atoms with Gasteiger partial charge in [-0.2, -0.15) is 0 Å². The molecule has 0 unspecified atom stereocenters. The van der Waals surface area contributed by atoms with Gasteiger partial charge in [-0.25, -0.2) is 14.6 Å². The number of aromatic carboxylic acids is 1. The van der Waals surface area contributed by atoms with Gasteiger partial charge in [-0.05, 0) is 6.92 Å². The average molecular weight is 299 g/mol. The number of carbonyl (C=O) groups is 2. The Morgan fingerprint density at radius 3 is 2.65 bits per heavy atom. The van der Waals surface area contributed by atoms with Gasteiger partial charge in [0, 0.05) is 31.6 Å². The van der Waals surface area contributed by atoms with Gasteiger partial charge in [0.25, 0.3) is 0 Å². The fourth-order valence-electron chi connectivity index (χ4n) is 1.98. The summed E-state index contributed by atoms with van der Waals surface area (Å²) >= 11 is 1.35. The maximum Gasteiger partial charge on any atom is 0.409 e. The molecule has 2 rings (SSSR count). The van der Waals surface area contributed by atoms with Crippen LogP contribution < -0.4 is 0 Å². The van der Waals surface area contributed by atoms with E-state index in [0.717, 1.165) is 18.1 Å². The highest BCUT2D eigenvalue weighted by molar-refractivity contribution is 7.09. The zero-order valence-electron chi connectivity index (χ0n) is 11.2. The Hall–Kier alpha value is -1.67. The van der Waals surface area contributed by atoms with Crippen molar-refractivity contribution in [1.29, 1.82) is 0 Å². The fraction of sp³-hybridized carbons (Fsp3) is 0.583. The van der Waals surface area contributed by atoms with Gasteiger partial charge in [0.2, 0.25) is 0 Å². The highest BCUT2D eigenvalue weighted by Gasteiger charge is 2.22. The molecule has 1 saturated heterocycles. The Morgan fingerprint density at radius 1 is 1.40 bits per heavy atom. The van der Waals surface area contributed by atoms with E-state index < -0.39 is 5.97 Å². The van der Waals surface area contributed by atoms with Gasteiger partial charge in [-0.1, -0.05) is 0 Å². The first-order chi connectivity index (χ1) is 9.60. The quantitative estimate of drug-likeness (QED) is 0.897. The summed E-state index contributed by atoms with van der Waals surface area (Å²) in [6.45, 7) is 5.51. The molecule has 1 amide bonds. The summed E-state index contributed by atoms with van der Waals surface area (Å²) in [5.41, 5.74) is 0.0927. The Bertz CT molecular complexity index is 483. The average Bonchev–Trinajstić information content (AvgIpc) is 2.88. The van der Waals surface area contributed by atoms with Gasteiger partial charge < -0.3 is 14.7 Å². The molecule has 8 heteroatoms. The zero-order chi connectivity index (χ0) is 14.5. The molecule has 7 nitrogen and oxygen atoms in total. The summed E-state index contributed by atoms with van der Waals surface area (Å²) in [6, 6.07) is 0. The first-order valence-electron chi connectivity index (χ1n) is 6.42. The van der Waals surface area contributed by atoms with Gasteiger partial charge >= 0.3 is 12.1 Å². The van der Waals surface area contributed by atoms with Crippen LogP contribution >= 0.6 is 11.3 Å². The van der Waals surface area contributed by atoms with Crippen molar-refractivity contribution in [3.05, 3.63) is 16.1 Å². The number of carboxylic acids is 1. The van der Waals surface area contributed by atoms with Crippen LogP contribution in [0.4, 0.5) is 4.79 Å². The Balaban J connectivity index is 1.82. The Kier molecular flexibility index (Phi) is 4.91. The van der Waals surface area contributed by atoms with Crippen molar-refractivity contribution in [3.8, 4) is 0 Å². The molecular formula is C12H17N3O4S. The second-order valence-electron chi connectivity index (χ2n) is 4.39. The van der Waals surface area contributed by atoms with E-state index in [1.165, 1.54) is 11.3 Å². The topological polar surface area (TPSA) is 83.0 Å². The normalized spacial score (nSPS) is 16.1. The summed E-state index contributed by atoms with van der Waals surface area (Å²) in [5, 5.41) is 11.2. The van der Waals surface area contributed by atoms with E-state index in [-0.39, 0.29) is 11.8 Å². The van der Waals surface area contributed by atoms with E-state index in [1.54, 1.807) is 17.2 Å². The van der Waals surface area contributed by atoms with Crippen molar-refractivity contribution >= 4 is 23.4 Å². The van der Waals surface area contributed by atoms with E-state index in [4.69, 9.17) is 9.84 Å². The molecular weight excluding hydrogens is 282 g/mol. The Labute approximate surface area is 120 Å². The number of hydrogen-bond donors (Lipinski definition) is 1. The van der Waals surface area contributed by atoms with Gasteiger partial charge in [0.05, 0.1) is 13.2 Å². The molecule has 20 heavy (non-hydrogen) atoms. The molecule has 0 bridgehead atoms. The lowest BCUT2D eigenvalue weighted by molar-refractivity contribution is 0.0687. The van der Waals surface area contributed by atoms with Crippen LogP contribution in [0.1, 0.15) is 22.4 Å². The second-order valence-corrected chi connectivity index (χ2v) is 5.34. The molecule has 1 aliphatic rings. The SMILES string of the molecule is CCOC(=O)N1CCN(Cc2nc(C(=O)O)cs2)CC1. The van der Waals surface area contributed by atoms with Gasteiger partial charge in [-0.15, -0.1) is 11.3 Å². The van der Waals surface area contributed by atoms with Crippen molar-refractivity contribution in [2.45, 2.75) is 13.5 Å². The molecule has 2 heterocycles. The van der Waals surface area contributed by atoms with Crippen LogP contribution in [0.5, 0.6) is 0 Å². The van der Waals surface area contributed by atoms with E-state index in [0.29, 0.717) is 26.2 Å². The maximum absolute atomic E-state index is 11.6. The number of carbonyl (C=O) groups excluding carboxylic acids is 1. The predicted molar refractivity (Wildman–Crippen MR) is 72.9 cm³/mol. The lowest BCUT2D eigenvalue weighted by Crippen LogP contribution is -2.48. The van der Waals surface area contributed by atoms with Crippen molar-refractivity contribution in [2.75, 3.05) is 32.8 Å². The smallest absolute Gasteiger partial charge is 0.409 e. The van der Waals surface area contributed by atoms with Gasteiger partial charge in [0.15, 0.2) is 5.69 Å². The Morgan fingerprint density at radius 2 is 2.10 bits per heavy atom. The van der Waals surface area contributed by atoms with Crippen molar-refractivity contribution < 1.29 is 19.4 Å². The van der Waals surface area contributed by atoms with Gasteiger partial charge in [0.1, 0.15) is 5.01 Å². The summed E-state index contributed by atoms with van der Waals surface area (Å²) < 4.78 is 4.96. The third kappa shape index (κ3) is 3.67. The third-order valence-corrected chi connectivity index (χ3v) is 3.86. The van der Waals surface area contributed by atoms with Crippen molar-refractivity contribution in [2.24, 2.45) is 0 Å². The lowest BCUT2D eigenvalue weighted by atomic mass is 10.3. The van der Waals surface area contributed by atoms with Crippen LogP contribution in [0.15, 0.2) is 5.38 Å². The standard InChI is InChI=1S/C12H17N3O4S/c1-2-19-12(18)15-5-3-14(4-6-15)7-10-13-9(8-20-10)11(16)17/h8H,2-7H2,1H3,(H,16,17). The molecule has 110 valence electrons. The molecule has 1 fully saturated rings. The summed E-state index contributed by atoms with van der Waals surface area (Å²) in [4.78, 5) is 30.2. The molecule has 1 aromatic heterocycles. The van der Waals surface area contributed by atoms with E-state index in [2.05, 4.69) is 9.88 Å². The fourth-order valence-corrected chi connectivity index (χ4v) is 2.79. The second kappa shape index (κ2) is 6.67. The lowest BCUT2D eigenvalue weighted by Gasteiger charge is -2.33. The van der Waals surface area contributed by atoms with Crippen molar-refractivity contribution in [3.63, 3.8) is 0 Å². The first-order valence-corrected chi connectivity index (χ1v) is 7.30. The van der Waals surface area contributed by atoms with Gasteiger partial charge in [-0.3, -0.25) is 4.90 Å². The summed E-state index contributed by atoms with van der Waals surface area (Å²) in [5.74, 6) is -1.00. The molecule has 0 aliphatic carbocycles. The zero-order valence-corrected chi connectivity index (χ0v) is 12.1. The van der Waals surface area contributed by atoms with Crippen molar-refractivity contribution in [1.82, 2.24) is 14.8 Å². The van der Waals surface area contributed by atoms with E-state index in [9.17, 15) is 9.59 Å². The number of amides is 1. The van der Waals surface area contributed by atoms with Crippen LogP contribution in [-0.2, 0) is 11.3 Å². The van der Waals surface area contributed by atoms with Crippen LogP contribution in [0, 0.1) is 0 Å². The molecule has 1 aliphatic heterocycles. The minimum atomic E-state index is -1.00. The number of nitrogens with zero attached hydrogens (tertiary/aromatic N) is 3. The number of thiazole rings is 1. The first kappa shape index (κ1) is 14.7. The molecule has 1 aromatic rings. The molecule has 1 N–H and O–H groups in total. The predicted octanol–water partition coefficient (Wildman–Crippen LogP) is 1.12. The van der Waals surface area contributed by atoms with E-state index >= 15 is 0 Å². The number of rotatable bonds is 4. The summed E-state index contributed by atoms with van der Waals surface area (Å²) in [6.07, 6.45) is -0.269. The largest absolute Gasteiger partial charge is 0.476 e. The number of carboxylic acid groups (broad SMARTS) is 1. The monoisotopic (exact) mass is 299 g/mol. The number of ether oxygens (including phenoxy) is 1. The number of piperazine rings is 1. The number of hydrogen-bond acceptors (Lipinski definition) is 6. The summed E-state index contributed by atoms with van der Waals surface area (Å²) in [7, 11) is 0. The van der Waals surface area contributed by atoms with Crippen LogP contribution in [0.3, 0.4) is 0 Å².